The molecule has 1 N–H and O–H groups in total. The number of hydrogen-bond acceptors (Lipinski definition) is 7. The molecule has 3 atom stereocenters. The van der Waals surface area contributed by atoms with Crippen molar-refractivity contribution in [3.8, 4) is 0 Å². The predicted molar refractivity (Wildman–Crippen MR) is 142 cm³/mol. The number of benzene rings is 1. The van der Waals surface area contributed by atoms with Gasteiger partial charge in [-0.05, 0) is 49.9 Å². The molecule has 3 saturated heterocycles. The smallest absolute Gasteiger partial charge is 0.252 e. The third kappa shape index (κ3) is 4.62. The molecule has 0 aromatic heterocycles. The van der Waals surface area contributed by atoms with Crippen molar-refractivity contribution in [2.45, 2.75) is 81.2 Å². The number of ketones is 1. The van der Waals surface area contributed by atoms with Gasteiger partial charge in [-0.25, -0.2) is 0 Å². The predicted octanol–water partition coefficient (Wildman–Crippen LogP) is 1.99. The van der Waals surface area contributed by atoms with Crippen LogP contribution in [0.4, 0.5) is 5.69 Å². The number of piperazine rings is 1. The third-order valence-corrected chi connectivity index (χ3v) is 9.57. The number of amides is 2. The minimum Gasteiger partial charge on any atom is -0.377 e. The fraction of sp³-hybridized carbons (Fsp3) is 0.690. The number of rotatable bonds is 6. The van der Waals surface area contributed by atoms with Crippen LogP contribution in [0.2, 0.25) is 0 Å². The summed E-state index contributed by atoms with van der Waals surface area (Å²) in [6.45, 7) is 4.49. The summed E-state index contributed by atoms with van der Waals surface area (Å²) < 4.78 is 11.2. The van der Waals surface area contributed by atoms with E-state index in [9.17, 15) is 14.4 Å². The molecule has 1 aromatic carbocycles. The monoisotopic (exact) mass is 524 g/mol. The molecule has 6 rings (SSSR count). The highest BCUT2D eigenvalue weighted by Gasteiger charge is 2.56. The van der Waals surface area contributed by atoms with E-state index in [0.29, 0.717) is 24.9 Å². The molecule has 2 aliphatic carbocycles. The minimum atomic E-state index is -1.01. The van der Waals surface area contributed by atoms with Gasteiger partial charge in [-0.15, -0.1) is 0 Å². The Morgan fingerprint density at radius 2 is 1.71 bits per heavy atom. The fourth-order valence-electron chi connectivity index (χ4n) is 7.06. The Labute approximate surface area is 224 Å². The second-order valence-electron chi connectivity index (χ2n) is 11.7. The van der Waals surface area contributed by atoms with E-state index in [-0.39, 0.29) is 30.3 Å². The van der Waals surface area contributed by atoms with Gasteiger partial charge < -0.3 is 24.6 Å². The quantitative estimate of drug-likeness (QED) is 0.609. The molecule has 0 spiro atoms. The lowest BCUT2D eigenvalue weighted by Crippen LogP contribution is -2.62. The first-order chi connectivity index (χ1) is 18.5. The zero-order valence-corrected chi connectivity index (χ0v) is 22.4. The van der Waals surface area contributed by atoms with Gasteiger partial charge in [-0.1, -0.05) is 25.7 Å². The largest absolute Gasteiger partial charge is 0.377 e. The Kier molecular flexibility index (Phi) is 7.18. The van der Waals surface area contributed by atoms with Crippen LogP contribution in [0.25, 0.3) is 0 Å². The lowest BCUT2D eigenvalue weighted by atomic mass is 9.80. The number of nitrogens with one attached hydrogen (secondary N) is 1. The van der Waals surface area contributed by atoms with Gasteiger partial charge in [0, 0.05) is 50.6 Å². The van der Waals surface area contributed by atoms with E-state index in [1.165, 1.54) is 19.3 Å². The Bertz CT molecular complexity index is 1040. The van der Waals surface area contributed by atoms with E-state index in [4.69, 9.17) is 9.47 Å². The van der Waals surface area contributed by atoms with E-state index in [1.807, 2.05) is 24.3 Å². The first-order valence-electron chi connectivity index (χ1n) is 14.4. The summed E-state index contributed by atoms with van der Waals surface area (Å²) in [5.41, 5.74) is 0.669. The van der Waals surface area contributed by atoms with Crippen molar-refractivity contribution in [2.75, 3.05) is 51.3 Å². The zero-order valence-electron chi connectivity index (χ0n) is 22.4. The number of hydrogen-bond donors (Lipinski definition) is 1. The second kappa shape index (κ2) is 10.6. The average molecular weight is 525 g/mol. The van der Waals surface area contributed by atoms with Gasteiger partial charge in [-0.3, -0.25) is 19.3 Å². The van der Waals surface area contributed by atoms with Crippen LogP contribution in [-0.2, 0) is 19.1 Å². The van der Waals surface area contributed by atoms with Gasteiger partial charge in [0.1, 0.15) is 30.4 Å². The zero-order chi connectivity index (χ0) is 26.3. The second-order valence-corrected chi connectivity index (χ2v) is 11.7. The van der Waals surface area contributed by atoms with Crippen molar-refractivity contribution >= 4 is 23.3 Å². The first-order valence-corrected chi connectivity index (χ1v) is 14.4. The van der Waals surface area contributed by atoms with E-state index < -0.39 is 17.7 Å². The van der Waals surface area contributed by atoms with Crippen LogP contribution in [0.3, 0.4) is 0 Å². The van der Waals surface area contributed by atoms with Crippen molar-refractivity contribution in [3.63, 3.8) is 0 Å². The molecule has 3 aliphatic heterocycles. The van der Waals surface area contributed by atoms with Crippen molar-refractivity contribution in [3.05, 3.63) is 29.8 Å². The number of methoxy groups -OCH3 is 1. The van der Waals surface area contributed by atoms with Gasteiger partial charge >= 0.3 is 0 Å². The minimum absolute atomic E-state index is 0.000309. The molecular formula is C29H40N4O5. The summed E-state index contributed by atoms with van der Waals surface area (Å²) in [5.74, 6) is -0.515. The lowest BCUT2D eigenvalue weighted by molar-refractivity contribution is -0.143. The van der Waals surface area contributed by atoms with Gasteiger partial charge in [0.25, 0.3) is 5.91 Å². The lowest BCUT2D eigenvalue weighted by Gasteiger charge is -2.43. The number of nitrogens with zero attached hydrogens (tertiary/aromatic N) is 3. The summed E-state index contributed by atoms with van der Waals surface area (Å²) in [7, 11) is 1.58. The summed E-state index contributed by atoms with van der Waals surface area (Å²) in [4.78, 5) is 46.8. The first kappa shape index (κ1) is 25.8. The standard InChI is InChI=1S/C29H40N4O5/c1-37-24-18-33(25-23(34)19-38-26(24)25)28(36)29(12-3-2-4-13-29)30-27(35)20-8-10-22(11-9-20)32-16-14-31(15-17-32)21-6-5-7-21/h8-11,21,24-26H,2-7,12-19H2,1H3,(H,30,35)/t24-,25+,26+/m0/s1. The van der Waals surface area contributed by atoms with Crippen molar-refractivity contribution in [2.24, 2.45) is 0 Å². The summed E-state index contributed by atoms with van der Waals surface area (Å²) >= 11 is 0. The average Bonchev–Trinajstić information content (AvgIpc) is 3.48. The molecule has 0 radical (unpaired) electrons. The molecular weight excluding hydrogens is 484 g/mol. The number of likely N-dealkylation sites (tertiary alicyclic amines) is 1. The van der Waals surface area contributed by atoms with E-state index in [2.05, 4.69) is 15.1 Å². The molecule has 2 amide bonds. The van der Waals surface area contributed by atoms with Crippen LogP contribution < -0.4 is 10.2 Å². The van der Waals surface area contributed by atoms with Crippen LogP contribution in [0.5, 0.6) is 0 Å². The van der Waals surface area contributed by atoms with Gasteiger partial charge in [0.05, 0.1) is 6.54 Å². The molecule has 9 nitrogen and oxygen atoms in total. The van der Waals surface area contributed by atoms with Crippen LogP contribution in [0, 0.1) is 0 Å². The Morgan fingerprint density at radius 1 is 1.00 bits per heavy atom. The van der Waals surface area contributed by atoms with Crippen LogP contribution >= 0.6 is 0 Å². The summed E-state index contributed by atoms with van der Waals surface area (Å²) in [6.07, 6.45) is 7.15. The molecule has 206 valence electrons. The maximum absolute atomic E-state index is 14.0. The maximum atomic E-state index is 14.0. The van der Waals surface area contributed by atoms with E-state index in [0.717, 1.165) is 57.2 Å². The van der Waals surface area contributed by atoms with Gasteiger partial charge in [0.15, 0.2) is 5.78 Å². The van der Waals surface area contributed by atoms with Crippen LogP contribution in [0.1, 0.15) is 61.7 Å². The van der Waals surface area contributed by atoms with Crippen molar-refractivity contribution in [1.82, 2.24) is 15.1 Å². The number of anilines is 1. The van der Waals surface area contributed by atoms with Gasteiger partial charge in [-0.2, -0.15) is 0 Å². The molecule has 2 saturated carbocycles. The third-order valence-electron chi connectivity index (χ3n) is 9.57. The van der Waals surface area contributed by atoms with Gasteiger partial charge in [0.2, 0.25) is 5.91 Å². The highest BCUT2D eigenvalue weighted by atomic mass is 16.5. The number of fused-ring (bicyclic) bond motifs is 1. The molecule has 0 bridgehead atoms. The topological polar surface area (TPSA) is 91.4 Å². The molecule has 0 unspecified atom stereocenters. The molecule has 5 fully saturated rings. The van der Waals surface area contributed by atoms with Crippen molar-refractivity contribution in [1.29, 1.82) is 0 Å². The van der Waals surface area contributed by atoms with Crippen LogP contribution in [-0.4, -0.2) is 104 Å². The van der Waals surface area contributed by atoms with Crippen LogP contribution in [0.15, 0.2) is 24.3 Å². The number of ether oxygens (including phenoxy) is 2. The summed E-state index contributed by atoms with van der Waals surface area (Å²) in [6, 6.07) is 7.92. The van der Waals surface area contributed by atoms with E-state index in [1.54, 1.807) is 12.0 Å². The Morgan fingerprint density at radius 3 is 2.34 bits per heavy atom. The SMILES string of the molecule is CO[C@H]1CN(C(=O)C2(NC(=O)c3ccc(N4CCN(C5CCC5)CC4)cc3)CCCCC2)[C@@H]2C(=O)CO[C@H]12. The number of Topliss-reactive ketones (excluding diaryl/α,β-unsaturated/α-hetero) is 1. The molecule has 9 heteroatoms. The molecule has 3 heterocycles. The highest BCUT2D eigenvalue weighted by Crippen LogP contribution is 2.36. The highest BCUT2D eigenvalue weighted by molar-refractivity contribution is 6.01. The number of carbonyl (C=O) groups is 3. The normalized spacial score (nSPS) is 29.7. The fourth-order valence-corrected chi connectivity index (χ4v) is 7.06. The Balaban J connectivity index is 1.14. The van der Waals surface area contributed by atoms with Crippen molar-refractivity contribution < 1.29 is 23.9 Å². The van der Waals surface area contributed by atoms with E-state index >= 15 is 0 Å². The molecule has 1 aromatic rings. The summed E-state index contributed by atoms with van der Waals surface area (Å²) in [5, 5.41) is 3.14. The number of carbonyl (C=O) groups excluding carboxylic acids is 3. The Hall–Kier alpha value is -2.49. The molecule has 5 aliphatic rings. The maximum Gasteiger partial charge on any atom is 0.252 e. The molecule has 38 heavy (non-hydrogen) atoms.